The predicted octanol–water partition coefficient (Wildman–Crippen LogP) is 2.84. The molecule has 0 aliphatic carbocycles. The molecule has 2 rings (SSSR count). The summed E-state index contributed by atoms with van der Waals surface area (Å²) in [6.45, 7) is -0.137. The lowest BCUT2D eigenvalue weighted by atomic mass is 9.93. The van der Waals surface area contributed by atoms with Crippen molar-refractivity contribution in [2.24, 2.45) is 5.92 Å². The number of aliphatic hydroxyl groups excluding tert-OH is 2. The third-order valence-corrected chi connectivity index (χ3v) is 3.56. The number of hydrogen-bond donors (Lipinski definition) is 4. The van der Waals surface area contributed by atoms with Crippen LogP contribution in [-0.4, -0.2) is 27.0 Å². The molecule has 0 spiro atoms. The molecule has 0 saturated carbocycles. The SMILES string of the molecule is OC[C@H](C/C=C/c1ccc(O)cc1)[C@@H](O)c1ccc(O)cc1. The molecule has 4 N–H and O–H groups in total. The standard InChI is InChI=1S/C18H20O4/c19-12-15(18(22)14-6-10-17(21)11-7-14)3-1-2-13-4-8-16(20)9-5-13/h1-2,4-11,15,18-22H,3,12H2/b2-1+/t15-,18-/m0/s1. The second-order valence-electron chi connectivity index (χ2n) is 5.21. The number of aromatic hydroxyl groups is 2. The first kappa shape index (κ1) is 16.1. The number of benzene rings is 2. The van der Waals surface area contributed by atoms with E-state index in [1.54, 1.807) is 36.4 Å². The van der Waals surface area contributed by atoms with Gasteiger partial charge in [0.05, 0.1) is 6.10 Å². The van der Waals surface area contributed by atoms with Gasteiger partial charge in [-0.15, -0.1) is 0 Å². The Kier molecular flexibility index (Phi) is 5.58. The topological polar surface area (TPSA) is 80.9 Å². The van der Waals surface area contributed by atoms with Crippen molar-refractivity contribution in [3.8, 4) is 11.5 Å². The number of rotatable bonds is 6. The third-order valence-electron chi connectivity index (χ3n) is 3.56. The zero-order chi connectivity index (χ0) is 15.9. The molecule has 116 valence electrons. The van der Waals surface area contributed by atoms with Gasteiger partial charge in [-0.1, -0.05) is 36.4 Å². The predicted molar refractivity (Wildman–Crippen MR) is 85.4 cm³/mol. The monoisotopic (exact) mass is 300 g/mol. The third kappa shape index (κ3) is 4.35. The summed E-state index contributed by atoms with van der Waals surface area (Å²) in [6.07, 6.45) is 3.48. The summed E-state index contributed by atoms with van der Waals surface area (Å²) in [7, 11) is 0. The fourth-order valence-electron chi connectivity index (χ4n) is 2.21. The van der Waals surface area contributed by atoms with Crippen LogP contribution in [0, 0.1) is 5.92 Å². The molecule has 0 aliphatic heterocycles. The van der Waals surface area contributed by atoms with E-state index in [4.69, 9.17) is 0 Å². The Morgan fingerprint density at radius 3 is 1.95 bits per heavy atom. The van der Waals surface area contributed by atoms with Gasteiger partial charge in [-0.05, 0) is 41.8 Å². The molecule has 0 aliphatic rings. The highest BCUT2D eigenvalue weighted by Gasteiger charge is 2.18. The number of allylic oxidation sites excluding steroid dienone is 1. The van der Waals surface area contributed by atoms with Gasteiger partial charge in [-0.3, -0.25) is 0 Å². The van der Waals surface area contributed by atoms with Crippen LogP contribution in [0.4, 0.5) is 0 Å². The minimum absolute atomic E-state index is 0.137. The van der Waals surface area contributed by atoms with Gasteiger partial charge >= 0.3 is 0 Å². The summed E-state index contributed by atoms with van der Waals surface area (Å²) < 4.78 is 0. The van der Waals surface area contributed by atoms with Crippen molar-refractivity contribution < 1.29 is 20.4 Å². The Labute approximate surface area is 129 Å². The van der Waals surface area contributed by atoms with Gasteiger partial charge in [0.1, 0.15) is 11.5 Å². The zero-order valence-corrected chi connectivity index (χ0v) is 12.1. The molecule has 22 heavy (non-hydrogen) atoms. The van der Waals surface area contributed by atoms with E-state index < -0.39 is 6.10 Å². The minimum atomic E-state index is -0.796. The molecule has 0 amide bonds. The van der Waals surface area contributed by atoms with E-state index in [0.29, 0.717) is 12.0 Å². The van der Waals surface area contributed by atoms with Gasteiger partial charge in [-0.2, -0.15) is 0 Å². The van der Waals surface area contributed by atoms with Crippen molar-refractivity contribution in [1.82, 2.24) is 0 Å². The fraction of sp³-hybridized carbons (Fsp3) is 0.222. The first-order valence-corrected chi connectivity index (χ1v) is 7.13. The second kappa shape index (κ2) is 7.64. The Morgan fingerprint density at radius 1 is 0.864 bits per heavy atom. The number of phenols is 2. The number of aliphatic hydroxyl groups is 2. The highest BCUT2D eigenvalue weighted by molar-refractivity contribution is 5.50. The average molecular weight is 300 g/mol. The van der Waals surface area contributed by atoms with Crippen molar-refractivity contribution in [3.05, 3.63) is 65.7 Å². The van der Waals surface area contributed by atoms with Crippen molar-refractivity contribution in [1.29, 1.82) is 0 Å². The smallest absolute Gasteiger partial charge is 0.115 e. The van der Waals surface area contributed by atoms with Gasteiger partial charge in [-0.25, -0.2) is 0 Å². The highest BCUT2D eigenvalue weighted by Crippen LogP contribution is 2.26. The molecule has 4 nitrogen and oxygen atoms in total. The fourth-order valence-corrected chi connectivity index (χ4v) is 2.21. The lowest BCUT2D eigenvalue weighted by molar-refractivity contribution is 0.0684. The van der Waals surface area contributed by atoms with Crippen molar-refractivity contribution >= 4 is 6.08 Å². The second-order valence-corrected chi connectivity index (χ2v) is 5.21. The van der Waals surface area contributed by atoms with Gasteiger partial charge in [0.2, 0.25) is 0 Å². The molecule has 2 aromatic rings. The molecular formula is C18H20O4. The first-order valence-electron chi connectivity index (χ1n) is 7.13. The summed E-state index contributed by atoms with van der Waals surface area (Å²) in [5, 5.41) is 38.2. The van der Waals surface area contributed by atoms with Gasteiger partial charge in [0.15, 0.2) is 0 Å². The summed E-state index contributed by atoms with van der Waals surface area (Å²) >= 11 is 0. The molecule has 0 aromatic heterocycles. The molecule has 2 atom stereocenters. The molecule has 0 saturated heterocycles. The number of phenolic OH excluding ortho intramolecular Hbond substituents is 2. The van der Waals surface area contributed by atoms with E-state index >= 15 is 0 Å². The molecule has 0 radical (unpaired) electrons. The van der Waals surface area contributed by atoms with Crippen molar-refractivity contribution in [3.63, 3.8) is 0 Å². The first-order chi connectivity index (χ1) is 10.6. The van der Waals surface area contributed by atoms with Crippen molar-refractivity contribution in [2.75, 3.05) is 6.61 Å². The molecule has 0 fully saturated rings. The lowest BCUT2D eigenvalue weighted by Gasteiger charge is -2.20. The summed E-state index contributed by atoms with van der Waals surface area (Å²) in [5.74, 6) is 0.0368. The molecule has 0 bridgehead atoms. The van der Waals surface area contributed by atoms with Gasteiger partial charge < -0.3 is 20.4 Å². The highest BCUT2D eigenvalue weighted by atomic mass is 16.3. The largest absolute Gasteiger partial charge is 0.508 e. The van der Waals surface area contributed by atoms with Crippen LogP contribution < -0.4 is 0 Å². The van der Waals surface area contributed by atoms with Gasteiger partial charge in [0.25, 0.3) is 0 Å². The van der Waals surface area contributed by atoms with Crippen LogP contribution in [0.1, 0.15) is 23.7 Å². The minimum Gasteiger partial charge on any atom is -0.508 e. The molecular weight excluding hydrogens is 280 g/mol. The van der Waals surface area contributed by atoms with Crippen LogP contribution in [0.2, 0.25) is 0 Å². The summed E-state index contributed by atoms with van der Waals surface area (Å²) in [4.78, 5) is 0. The van der Waals surface area contributed by atoms with Crippen LogP contribution in [-0.2, 0) is 0 Å². The summed E-state index contributed by atoms with van der Waals surface area (Å²) in [5.41, 5.74) is 1.60. The Morgan fingerprint density at radius 2 is 1.41 bits per heavy atom. The average Bonchev–Trinajstić information content (AvgIpc) is 2.53. The maximum atomic E-state index is 10.3. The Hall–Kier alpha value is -2.30. The molecule has 0 heterocycles. The Balaban J connectivity index is 1.99. The number of hydrogen-bond acceptors (Lipinski definition) is 4. The zero-order valence-electron chi connectivity index (χ0n) is 12.1. The molecule has 0 unspecified atom stereocenters. The quantitative estimate of drug-likeness (QED) is 0.661. The van der Waals surface area contributed by atoms with E-state index in [1.807, 2.05) is 12.2 Å². The maximum Gasteiger partial charge on any atom is 0.115 e. The van der Waals surface area contributed by atoms with Crippen LogP contribution in [0.15, 0.2) is 54.6 Å². The van der Waals surface area contributed by atoms with E-state index in [-0.39, 0.29) is 24.0 Å². The molecule has 4 heteroatoms. The van der Waals surface area contributed by atoms with Gasteiger partial charge in [0, 0.05) is 12.5 Å². The van der Waals surface area contributed by atoms with E-state index in [9.17, 15) is 20.4 Å². The van der Waals surface area contributed by atoms with Crippen molar-refractivity contribution in [2.45, 2.75) is 12.5 Å². The Bertz CT molecular complexity index is 602. The van der Waals surface area contributed by atoms with E-state index in [1.165, 1.54) is 12.1 Å². The van der Waals surface area contributed by atoms with Crippen LogP contribution >= 0.6 is 0 Å². The normalized spacial score (nSPS) is 14.1. The summed E-state index contributed by atoms with van der Waals surface area (Å²) in [6, 6.07) is 13.1. The lowest BCUT2D eigenvalue weighted by Crippen LogP contribution is -2.15. The van der Waals surface area contributed by atoms with E-state index in [2.05, 4.69) is 0 Å². The van der Waals surface area contributed by atoms with Crippen LogP contribution in [0.25, 0.3) is 6.08 Å². The molecule has 2 aromatic carbocycles. The van der Waals surface area contributed by atoms with Crippen LogP contribution in [0.5, 0.6) is 11.5 Å². The maximum absolute atomic E-state index is 10.3. The van der Waals surface area contributed by atoms with Crippen LogP contribution in [0.3, 0.4) is 0 Å². The van der Waals surface area contributed by atoms with E-state index in [0.717, 1.165) is 5.56 Å².